The van der Waals surface area contributed by atoms with Gasteiger partial charge in [0.2, 0.25) is 5.91 Å². The number of anilines is 2. The lowest BCUT2D eigenvalue weighted by atomic mass is 10.1. The van der Waals surface area contributed by atoms with Crippen LogP contribution in [0.5, 0.6) is 0 Å². The minimum Gasteiger partial charge on any atom is -0.324 e. The second-order valence-electron chi connectivity index (χ2n) is 10.4. The molecule has 3 amide bonds. The summed E-state index contributed by atoms with van der Waals surface area (Å²) in [7, 11) is 0. The summed E-state index contributed by atoms with van der Waals surface area (Å²) in [5.74, 6) is -2.74. The molecule has 0 heterocycles. The van der Waals surface area contributed by atoms with Gasteiger partial charge in [-0.1, -0.05) is 78.3 Å². The van der Waals surface area contributed by atoms with Crippen molar-refractivity contribution in [3.05, 3.63) is 166 Å². The Morgan fingerprint density at radius 1 is 0.735 bits per heavy atom. The SMILES string of the molecule is O=C(Nc1ccc(SC(C(=O)Nc2ccccc2C(F)(F)F)c2ccccc2)cc1)/C(=C/c1c(F)cccc1Cl)NC(=O)c1ccccc1. The number of hydrogen-bond donors (Lipinski definition) is 3. The molecule has 248 valence electrons. The van der Waals surface area contributed by atoms with Gasteiger partial charge in [-0.05, 0) is 72.3 Å². The topological polar surface area (TPSA) is 87.3 Å². The van der Waals surface area contributed by atoms with Crippen LogP contribution in [0.1, 0.15) is 32.3 Å². The van der Waals surface area contributed by atoms with Gasteiger partial charge in [0.15, 0.2) is 0 Å². The van der Waals surface area contributed by atoms with Crippen LogP contribution >= 0.6 is 23.4 Å². The van der Waals surface area contributed by atoms with Crippen LogP contribution in [0.4, 0.5) is 28.9 Å². The Kier molecular flexibility index (Phi) is 11.2. The Bertz CT molecular complexity index is 1970. The van der Waals surface area contributed by atoms with E-state index in [-0.39, 0.29) is 27.5 Å². The molecule has 3 N–H and O–H groups in total. The van der Waals surface area contributed by atoms with Gasteiger partial charge in [-0.15, -0.1) is 11.8 Å². The van der Waals surface area contributed by atoms with E-state index >= 15 is 0 Å². The fraction of sp³-hybridized carbons (Fsp3) is 0.0541. The first-order valence-electron chi connectivity index (χ1n) is 14.6. The van der Waals surface area contributed by atoms with Gasteiger partial charge in [-0.25, -0.2) is 4.39 Å². The molecule has 0 aliphatic heterocycles. The molecule has 0 radical (unpaired) electrons. The molecule has 0 bridgehead atoms. The van der Waals surface area contributed by atoms with E-state index in [9.17, 15) is 31.9 Å². The van der Waals surface area contributed by atoms with Crippen molar-refractivity contribution in [2.45, 2.75) is 16.3 Å². The molecule has 5 aromatic carbocycles. The van der Waals surface area contributed by atoms with Crippen LogP contribution in [0, 0.1) is 5.82 Å². The monoisotopic (exact) mass is 703 g/mol. The zero-order chi connectivity index (χ0) is 35.0. The molecule has 5 rings (SSSR count). The average Bonchev–Trinajstić information content (AvgIpc) is 3.09. The highest BCUT2D eigenvalue weighted by Gasteiger charge is 2.34. The lowest BCUT2D eigenvalue weighted by Gasteiger charge is -2.19. The third-order valence-corrected chi connectivity index (χ3v) is 8.61. The Hall–Kier alpha value is -5.39. The van der Waals surface area contributed by atoms with E-state index in [1.54, 1.807) is 84.9 Å². The van der Waals surface area contributed by atoms with E-state index in [1.807, 2.05) is 0 Å². The molecule has 1 atom stereocenters. The molecule has 0 aliphatic rings. The number of amides is 3. The third-order valence-electron chi connectivity index (χ3n) is 7.01. The number of para-hydroxylation sites is 1. The number of carbonyl (C=O) groups is 3. The van der Waals surface area contributed by atoms with Crippen LogP contribution in [0.2, 0.25) is 5.02 Å². The average molecular weight is 704 g/mol. The lowest BCUT2D eigenvalue weighted by molar-refractivity contribution is -0.137. The van der Waals surface area contributed by atoms with Gasteiger partial charge in [0.05, 0.1) is 16.3 Å². The minimum absolute atomic E-state index is 0.0274. The van der Waals surface area contributed by atoms with Gasteiger partial charge in [0.25, 0.3) is 11.8 Å². The van der Waals surface area contributed by atoms with Gasteiger partial charge < -0.3 is 16.0 Å². The molecule has 0 spiro atoms. The standard InChI is InChI=1S/C37H26ClF4N3O3S/c38-29-15-9-16-30(39)27(29)22-32(45-34(46)24-12-5-2-6-13-24)35(47)43-25-18-20-26(21-19-25)49-33(23-10-3-1-4-11-23)36(48)44-31-17-8-7-14-28(31)37(40,41)42/h1-22,33H,(H,43,47)(H,44,48)(H,45,46)/b32-22-. The predicted octanol–water partition coefficient (Wildman–Crippen LogP) is 9.38. The predicted molar refractivity (Wildman–Crippen MR) is 183 cm³/mol. The number of hydrogen-bond acceptors (Lipinski definition) is 4. The van der Waals surface area contributed by atoms with Gasteiger partial charge >= 0.3 is 6.18 Å². The number of benzene rings is 5. The van der Waals surface area contributed by atoms with E-state index in [2.05, 4.69) is 16.0 Å². The summed E-state index contributed by atoms with van der Waals surface area (Å²) in [5.41, 5.74) is -0.584. The summed E-state index contributed by atoms with van der Waals surface area (Å²) < 4.78 is 55.4. The van der Waals surface area contributed by atoms with Gasteiger partial charge in [-0.3, -0.25) is 14.4 Å². The molecule has 5 aromatic rings. The molecule has 12 heteroatoms. The quantitative estimate of drug-likeness (QED) is 0.0769. The molecule has 0 aliphatic carbocycles. The molecule has 6 nitrogen and oxygen atoms in total. The summed E-state index contributed by atoms with van der Waals surface area (Å²) >= 11 is 7.28. The number of carbonyl (C=O) groups excluding carboxylic acids is 3. The van der Waals surface area contributed by atoms with Gasteiger partial charge in [0.1, 0.15) is 16.8 Å². The molecule has 0 fully saturated rings. The lowest BCUT2D eigenvalue weighted by Crippen LogP contribution is -2.30. The van der Waals surface area contributed by atoms with Gasteiger partial charge in [0, 0.05) is 21.7 Å². The van der Waals surface area contributed by atoms with Crippen LogP contribution in [-0.4, -0.2) is 17.7 Å². The highest BCUT2D eigenvalue weighted by Crippen LogP contribution is 2.39. The Balaban J connectivity index is 1.36. The van der Waals surface area contributed by atoms with Crippen LogP contribution in [0.15, 0.2) is 138 Å². The fourth-order valence-corrected chi connectivity index (χ4v) is 5.87. The first-order valence-corrected chi connectivity index (χ1v) is 15.9. The Morgan fingerprint density at radius 2 is 1.37 bits per heavy atom. The molecule has 0 saturated heterocycles. The van der Waals surface area contributed by atoms with E-state index < -0.39 is 40.5 Å². The molecule has 0 saturated carbocycles. The zero-order valence-corrected chi connectivity index (χ0v) is 26.9. The smallest absolute Gasteiger partial charge is 0.324 e. The van der Waals surface area contributed by atoms with E-state index in [0.29, 0.717) is 16.1 Å². The Morgan fingerprint density at radius 3 is 2.02 bits per heavy atom. The van der Waals surface area contributed by atoms with E-state index in [1.165, 1.54) is 36.4 Å². The second kappa shape index (κ2) is 15.7. The van der Waals surface area contributed by atoms with Crippen molar-refractivity contribution < 1.29 is 31.9 Å². The van der Waals surface area contributed by atoms with Crippen LogP contribution in [-0.2, 0) is 15.8 Å². The van der Waals surface area contributed by atoms with E-state index in [4.69, 9.17) is 11.6 Å². The third kappa shape index (κ3) is 9.16. The van der Waals surface area contributed by atoms with Crippen molar-refractivity contribution >= 4 is 58.5 Å². The van der Waals surface area contributed by atoms with Crippen LogP contribution < -0.4 is 16.0 Å². The number of halogens is 5. The number of nitrogens with one attached hydrogen (secondary N) is 3. The van der Waals surface area contributed by atoms with Crippen molar-refractivity contribution in [2.75, 3.05) is 10.6 Å². The first kappa shape index (κ1) is 34.9. The minimum atomic E-state index is -4.67. The fourth-order valence-electron chi connectivity index (χ4n) is 4.63. The second-order valence-corrected chi connectivity index (χ2v) is 12.0. The summed E-state index contributed by atoms with van der Waals surface area (Å²) in [6.45, 7) is 0. The maximum absolute atomic E-state index is 14.6. The van der Waals surface area contributed by atoms with Crippen LogP contribution in [0.3, 0.4) is 0 Å². The Labute approximate surface area is 288 Å². The summed E-state index contributed by atoms with van der Waals surface area (Å²) in [6, 6.07) is 31.8. The van der Waals surface area contributed by atoms with Crippen molar-refractivity contribution in [2.24, 2.45) is 0 Å². The molecular formula is C37H26ClF4N3O3S. The summed E-state index contributed by atoms with van der Waals surface area (Å²) in [5, 5.41) is 6.71. The van der Waals surface area contributed by atoms with E-state index in [0.717, 1.165) is 23.9 Å². The number of thioether (sulfide) groups is 1. The van der Waals surface area contributed by atoms with Crippen molar-refractivity contribution in [1.29, 1.82) is 0 Å². The first-order chi connectivity index (χ1) is 23.5. The highest BCUT2D eigenvalue weighted by atomic mass is 35.5. The number of alkyl halides is 3. The summed E-state index contributed by atoms with van der Waals surface area (Å²) in [4.78, 5) is 40.3. The maximum Gasteiger partial charge on any atom is 0.418 e. The molecular weight excluding hydrogens is 678 g/mol. The summed E-state index contributed by atoms with van der Waals surface area (Å²) in [6.07, 6.45) is -3.53. The van der Waals surface area contributed by atoms with Crippen molar-refractivity contribution in [1.82, 2.24) is 5.32 Å². The maximum atomic E-state index is 14.6. The largest absolute Gasteiger partial charge is 0.418 e. The van der Waals surface area contributed by atoms with Crippen molar-refractivity contribution in [3.63, 3.8) is 0 Å². The zero-order valence-electron chi connectivity index (χ0n) is 25.3. The molecule has 0 aromatic heterocycles. The highest BCUT2D eigenvalue weighted by molar-refractivity contribution is 8.00. The molecule has 1 unspecified atom stereocenters. The van der Waals surface area contributed by atoms with Gasteiger partial charge in [-0.2, -0.15) is 13.2 Å². The molecule has 49 heavy (non-hydrogen) atoms. The normalized spacial score (nSPS) is 12.1. The number of rotatable bonds is 10. The van der Waals surface area contributed by atoms with Crippen molar-refractivity contribution in [3.8, 4) is 0 Å². The van der Waals surface area contributed by atoms with Crippen LogP contribution in [0.25, 0.3) is 6.08 Å².